The Hall–Kier alpha value is -4.20. The third-order valence-corrected chi connectivity index (χ3v) is 6.11. The fourth-order valence-corrected chi connectivity index (χ4v) is 4.34. The van der Waals surface area contributed by atoms with Gasteiger partial charge in [-0.25, -0.2) is 4.98 Å². The van der Waals surface area contributed by atoms with Crippen molar-refractivity contribution < 1.29 is 23.7 Å². The van der Waals surface area contributed by atoms with Gasteiger partial charge in [0.2, 0.25) is 5.91 Å². The summed E-state index contributed by atoms with van der Waals surface area (Å²) >= 11 is 0. The van der Waals surface area contributed by atoms with Gasteiger partial charge >= 0.3 is 0 Å². The van der Waals surface area contributed by atoms with Crippen molar-refractivity contribution in [1.29, 1.82) is 0 Å². The standard InChI is InChI=1S/C29H33N3O5/c1-20(30-28(33)19-21-14-15-25(35-3)27(18-21)36-4)29-31-22-10-5-6-11-23(22)32(29)16-9-17-37-26-13-8-7-12-24(26)34-2/h5-8,10-15,18,20H,9,16-17,19H2,1-4H3,(H,30,33). The van der Waals surface area contributed by atoms with Crippen molar-refractivity contribution in [3.05, 3.63) is 78.1 Å². The Bertz CT molecular complexity index is 1350. The van der Waals surface area contributed by atoms with Gasteiger partial charge in [0, 0.05) is 6.54 Å². The number of nitrogens with one attached hydrogen (secondary N) is 1. The maximum atomic E-state index is 12.9. The molecule has 0 aliphatic rings. The van der Waals surface area contributed by atoms with E-state index in [2.05, 4.69) is 9.88 Å². The van der Waals surface area contributed by atoms with Crippen LogP contribution in [0.5, 0.6) is 23.0 Å². The molecule has 0 aliphatic carbocycles. The van der Waals surface area contributed by atoms with Gasteiger partial charge < -0.3 is 28.8 Å². The van der Waals surface area contributed by atoms with E-state index in [1.165, 1.54) is 0 Å². The predicted octanol–water partition coefficient (Wildman–Crippen LogP) is 4.95. The summed E-state index contributed by atoms with van der Waals surface area (Å²) in [7, 11) is 4.80. The quantitative estimate of drug-likeness (QED) is 0.276. The van der Waals surface area contributed by atoms with Crippen molar-refractivity contribution in [3.8, 4) is 23.0 Å². The Morgan fingerprint density at radius 1 is 0.892 bits per heavy atom. The predicted molar refractivity (Wildman–Crippen MR) is 143 cm³/mol. The first-order chi connectivity index (χ1) is 18.0. The van der Waals surface area contributed by atoms with Gasteiger partial charge in [0.25, 0.3) is 0 Å². The van der Waals surface area contributed by atoms with Crippen LogP contribution in [0.15, 0.2) is 66.7 Å². The number of aryl methyl sites for hydroxylation is 1. The number of carbonyl (C=O) groups excluding carboxylic acids is 1. The van der Waals surface area contributed by atoms with Crippen LogP contribution in [0.2, 0.25) is 0 Å². The molecule has 0 radical (unpaired) electrons. The summed E-state index contributed by atoms with van der Waals surface area (Å²) in [5, 5.41) is 3.10. The van der Waals surface area contributed by atoms with Crippen molar-refractivity contribution in [1.82, 2.24) is 14.9 Å². The second kappa shape index (κ2) is 12.2. The maximum absolute atomic E-state index is 12.9. The lowest BCUT2D eigenvalue weighted by molar-refractivity contribution is -0.121. The molecule has 4 rings (SSSR count). The van der Waals surface area contributed by atoms with E-state index >= 15 is 0 Å². The topological polar surface area (TPSA) is 83.8 Å². The molecule has 1 amide bonds. The lowest BCUT2D eigenvalue weighted by atomic mass is 10.1. The molecule has 0 fully saturated rings. The van der Waals surface area contributed by atoms with E-state index in [-0.39, 0.29) is 18.4 Å². The number of para-hydroxylation sites is 4. The third-order valence-electron chi connectivity index (χ3n) is 6.11. The summed E-state index contributed by atoms with van der Waals surface area (Å²) in [5.74, 6) is 3.36. The van der Waals surface area contributed by atoms with Gasteiger partial charge in [-0.05, 0) is 55.3 Å². The summed E-state index contributed by atoms with van der Waals surface area (Å²) < 4.78 is 24.1. The molecule has 1 heterocycles. The van der Waals surface area contributed by atoms with Gasteiger partial charge in [0.15, 0.2) is 23.0 Å². The lowest BCUT2D eigenvalue weighted by Crippen LogP contribution is -2.30. The number of benzene rings is 3. The SMILES string of the molecule is COc1ccc(CC(=O)NC(C)c2nc3ccccc3n2CCCOc2ccccc2OC)cc1OC. The van der Waals surface area contributed by atoms with Crippen LogP contribution in [0.4, 0.5) is 0 Å². The molecule has 8 nitrogen and oxygen atoms in total. The number of hydrogen-bond donors (Lipinski definition) is 1. The van der Waals surface area contributed by atoms with Crippen molar-refractivity contribution >= 4 is 16.9 Å². The van der Waals surface area contributed by atoms with Gasteiger partial charge in [-0.2, -0.15) is 0 Å². The Morgan fingerprint density at radius 2 is 1.57 bits per heavy atom. The van der Waals surface area contributed by atoms with Gasteiger partial charge in [-0.15, -0.1) is 0 Å². The minimum Gasteiger partial charge on any atom is -0.493 e. The zero-order chi connectivity index (χ0) is 26.2. The highest BCUT2D eigenvalue weighted by Crippen LogP contribution is 2.28. The minimum absolute atomic E-state index is 0.0992. The first-order valence-corrected chi connectivity index (χ1v) is 12.2. The number of nitrogens with zero attached hydrogens (tertiary/aromatic N) is 2. The van der Waals surface area contributed by atoms with Crippen LogP contribution in [0.25, 0.3) is 11.0 Å². The maximum Gasteiger partial charge on any atom is 0.224 e. The highest BCUT2D eigenvalue weighted by Gasteiger charge is 2.19. The van der Waals surface area contributed by atoms with Gasteiger partial charge in [0.1, 0.15) is 5.82 Å². The van der Waals surface area contributed by atoms with E-state index in [1.54, 1.807) is 27.4 Å². The molecular weight excluding hydrogens is 470 g/mol. The van der Waals surface area contributed by atoms with Crippen LogP contribution in [-0.4, -0.2) is 43.4 Å². The fraction of sp³-hybridized carbons (Fsp3) is 0.310. The van der Waals surface area contributed by atoms with E-state index in [1.807, 2.05) is 67.6 Å². The van der Waals surface area contributed by atoms with Gasteiger partial charge in [0.05, 0.1) is 51.4 Å². The average molecular weight is 504 g/mol. The van der Waals surface area contributed by atoms with Gasteiger partial charge in [-0.1, -0.05) is 30.3 Å². The Kier molecular flexibility index (Phi) is 8.51. The summed E-state index contributed by atoms with van der Waals surface area (Å²) in [6, 6.07) is 20.8. The third kappa shape index (κ3) is 6.14. The molecule has 4 aromatic rings. The molecule has 1 N–H and O–H groups in total. The number of rotatable bonds is 12. The van der Waals surface area contributed by atoms with Crippen LogP contribution in [0, 0.1) is 0 Å². The normalized spacial score (nSPS) is 11.7. The molecule has 0 saturated carbocycles. The molecule has 37 heavy (non-hydrogen) atoms. The molecule has 8 heteroatoms. The summed E-state index contributed by atoms with van der Waals surface area (Å²) in [6.07, 6.45) is 0.982. The number of aromatic nitrogens is 2. The highest BCUT2D eigenvalue weighted by molar-refractivity contribution is 5.80. The highest BCUT2D eigenvalue weighted by atomic mass is 16.5. The number of hydrogen-bond acceptors (Lipinski definition) is 6. The summed E-state index contributed by atoms with van der Waals surface area (Å²) in [4.78, 5) is 17.7. The van der Waals surface area contributed by atoms with E-state index in [9.17, 15) is 4.79 Å². The van der Waals surface area contributed by atoms with Crippen molar-refractivity contribution in [2.75, 3.05) is 27.9 Å². The van der Waals surface area contributed by atoms with Crippen LogP contribution in [0.1, 0.15) is 30.8 Å². The zero-order valence-corrected chi connectivity index (χ0v) is 21.7. The Labute approximate surface area is 217 Å². The molecule has 194 valence electrons. The molecular formula is C29H33N3O5. The van der Waals surface area contributed by atoms with Crippen molar-refractivity contribution in [3.63, 3.8) is 0 Å². The zero-order valence-electron chi connectivity index (χ0n) is 21.7. The molecule has 0 spiro atoms. The van der Waals surface area contributed by atoms with Crippen molar-refractivity contribution in [2.24, 2.45) is 0 Å². The second-order valence-corrected chi connectivity index (χ2v) is 8.62. The monoisotopic (exact) mass is 503 g/mol. The van der Waals surface area contributed by atoms with Crippen LogP contribution >= 0.6 is 0 Å². The van der Waals surface area contributed by atoms with Crippen molar-refractivity contribution in [2.45, 2.75) is 32.4 Å². The molecule has 1 atom stereocenters. The van der Waals surface area contributed by atoms with Crippen LogP contribution < -0.4 is 24.3 Å². The number of amides is 1. The molecule has 3 aromatic carbocycles. The molecule has 1 aromatic heterocycles. The molecule has 0 aliphatic heterocycles. The van der Waals surface area contributed by atoms with Gasteiger partial charge in [-0.3, -0.25) is 4.79 Å². The van der Waals surface area contributed by atoms with Crippen LogP contribution in [0.3, 0.4) is 0 Å². The molecule has 0 saturated heterocycles. The number of methoxy groups -OCH3 is 3. The lowest BCUT2D eigenvalue weighted by Gasteiger charge is -2.17. The van der Waals surface area contributed by atoms with E-state index in [0.29, 0.717) is 30.4 Å². The number of carbonyl (C=O) groups is 1. The van der Waals surface area contributed by atoms with E-state index in [4.69, 9.17) is 23.9 Å². The Morgan fingerprint density at radius 3 is 2.32 bits per heavy atom. The second-order valence-electron chi connectivity index (χ2n) is 8.62. The van der Waals surface area contributed by atoms with E-state index in [0.717, 1.165) is 34.6 Å². The summed E-state index contributed by atoms with van der Waals surface area (Å²) in [6.45, 7) is 3.17. The number of imidazole rings is 1. The first-order valence-electron chi connectivity index (χ1n) is 12.2. The summed E-state index contributed by atoms with van der Waals surface area (Å²) in [5.41, 5.74) is 2.75. The molecule has 1 unspecified atom stereocenters. The number of fused-ring (bicyclic) bond motifs is 1. The Balaban J connectivity index is 1.44. The minimum atomic E-state index is -0.282. The number of ether oxygens (including phenoxy) is 4. The molecule has 0 bridgehead atoms. The largest absolute Gasteiger partial charge is 0.493 e. The smallest absolute Gasteiger partial charge is 0.224 e. The fourth-order valence-electron chi connectivity index (χ4n) is 4.34. The first kappa shape index (κ1) is 25.9. The average Bonchev–Trinajstić information content (AvgIpc) is 3.30. The van der Waals surface area contributed by atoms with E-state index < -0.39 is 0 Å². The van der Waals surface area contributed by atoms with Crippen LogP contribution in [-0.2, 0) is 17.8 Å².